The maximum atomic E-state index is 11.6. The average molecular weight is 500 g/mol. The van der Waals surface area contributed by atoms with Gasteiger partial charge in [0.1, 0.15) is 0 Å². The molecule has 2 saturated carbocycles. The van der Waals surface area contributed by atoms with Gasteiger partial charge in [-0.25, -0.2) is 0 Å². The van der Waals surface area contributed by atoms with Crippen LogP contribution in [0.1, 0.15) is 126 Å². The Kier molecular flexibility index (Phi) is 7.62. The molecule has 3 nitrogen and oxygen atoms in total. The first-order valence-electron chi connectivity index (χ1n) is 15.3. The van der Waals surface area contributed by atoms with Gasteiger partial charge in [0.25, 0.3) is 0 Å². The second kappa shape index (κ2) is 9.73. The molecule has 8 unspecified atom stereocenters. The number of fused-ring (bicyclic) bond motifs is 4. The van der Waals surface area contributed by atoms with E-state index < -0.39 is 5.97 Å². The molecule has 0 bridgehead atoms. The van der Waals surface area contributed by atoms with Gasteiger partial charge in [0.05, 0.1) is 0 Å². The Morgan fingerprint density at radius 3 is 2.25 bits per heavy atom. The fraction of sp³-hybridized carbons (Fsp3) is 0.909. The molecule has 0 amide bonds. The second-order valence-corrected chi connectivity index (χ2v) is 15.2. The van der Waals surface area contributed by atoms with Crippen molar-refractivity contribution in [3.8, 4) is 0 Å². The van der Waals surface area contributed by atoms with Gasteiger partial charge >= 0.3 is 5.97 Å². The van der Waals surface area contributed by atoms with E-state index >= 15 is 0 Å². The molecule has 0 heterocycles. The van der Waals surface area contributed by atoms with Crippen molar-refractivity contribution in [2.75, 3.05) is 7.05 Å². The third kappa shape index (κ3) is 4.22. The van der Waals surface area contributed by atoms with E-state index in [4.69, 9.17) is 0 Å². The van der Waals surface area contributed by atoms with Crippen LogP contribution in [-0.2, 0) is 4.79 Å². The predicted octanol–water partition coefficient (Wildman–Crippen LogP) is 8.49. The highest BCUT2D eigenvalue weighted by molar-refractivity contribution is 5.67. The van der Waals surface area contributed by atoms with E-state index in [0.717, 1.165) is 18.3 Å². The first-order valence-corrected chi connectivity index (χ1v) is 15.3. The maximum Gasteiger partial charge on any atom is 0.303 e. The molecule has 206 valence electrons. The first kappa shape index (κ1) is 28.2. The summed E-state index contributed by atoms with van der Waals surface area (Å²) < 4.78 is 0. The summed E-state index contributed by atoms with van der Waals surface area (Å²) in [5.41, 5.74) is 4.79. The highest BCUT2D eigenvalue weighted by Crippen LogP contribution is 2.73. The molecule has 2 fully saturated rings. The lowest BCUT2D eigenvalue weighted by molar-refractivity contribution is -0.142. The lowest BCUT2D eigenvalue weighted by atomic mass is 9.42. The topological polar surface area (TPSA) is 49.3 Å². The Hall–Kier alpha value is -0.830. The van der Waals surface area contributed by atoms with Crippen LogP contribution in [0.4, 0.5) is 0 Å². The van der Waals surface area contributed by atoms with Crippen molar-refractivity contribution < 1.29 is 9.90 Å². The summed E-state index contributed by atoms with van der Waals surface area (Å²) in [4.78, 5) is 11.6. The molecule has 2 N–H and O–H groups in total. The molecule has 4 aliphatic carbocycles. The molecule has 0 radical (unpaired) electrons. The van der Waals surface area contributed by atoms with Gasteiger partial charge in [-0.3, -0.25) is 4.79 Å². The fourth-order valence-corrected chi connectivity index (χ4v) is 10.7. The lowest BCUT2D eigenvalue weighted by Crippen LogP contribution is -2.53. The summed E-state index contributed by atoms with van der Waals surface area (Å²) in [6, 6.07) is 0.628. The summed E-state index contributed by atoms with van der Waals surface area (Å²) >= 11 is 0. The average Bonchev–Trinajstić information content (AvgIpc) is 3.07. The molecule has 0 aromatic carbocycles. The lowest BCUT2D eigenvalue weighted by Gasteiger charge is -2.62. The van der Waals surface area contributed by atoms with Crippen LogP contribution in [0.5, 0.6) is 0 Å². The molecule has 4 aliphatic rings. The summed E-state index contributed by atoms with van der Waals surface area (Å²) in [5, 5.41) is 13.1. The van der Waals surface area contributed by atoms with Crippen molar-refractivity contribution in [3.63, 3.8) is 0 Å². The van der Waals surface area contributed by atoms with E-state index in [1.165, 1.54) is 57.8 Å². The van der Waals surface area contributed by atoms with Gasteiger partial charge in [0, 0.05) is 12.5 Å². The smallest absolute Gasteiger partial charge is 0.303 e. The number of rotatable bonds is 8. The molecule has 36 heavy (non-hydrogen) atoms. The van der Waals surface area contributed by atoms with Crippen LogP contribution in [-0.4, -0.2) is 24.2 Å². The summed E-state index contributed by atoms with van der Waals surface area (Å²) in [5.74, 6) is 2.61. The highest BCUT2D eigenvalue weighted by Gasteiger charge is 2.63. The van der Waals surface area contributed by atoms with Crippen molar-refractivity contribution >= 4 is 5.97 Å². The van der Waals surface area contributed by atoms with Crippen LogP contribution >= 0.6 is 0 Å². The van der Waals surface area contributed by atoms with Gasteiger partial charge in [0.2, 0.25) is 0 Å². The van der Waals surface area contributed by atoms with E-state index in [0.29, 0.717) is 41.0 Å². The molecule has 4 rings (SSSR count). The van der Waals surface area contributed by atoms with Crippen molar-refractivity contribution in [1.82, 2.24) is 5.32 Å². The number of carboxylic acids is 1. The summed E-state index contributed by atoms with van der Waals surface area (Å²) in [6.07, 6.45) is 13.1. The van der Waals surface area contributed by atoms with E-state index in [1.807, 2.05) is 11.1 Å². The summed E-state index contributed by atoms with van der Waals surface area (Å²) in [6.45, 7) is 20.0. The number of allylic oxidation sites excluding steroid dienone is 2. The van der Waals surface area contributed by atoms with Crippen LogP contribution in [0.25, 0.3) is 0 Å². The van der Waals surface area contributed by atoms with Gasteiger partial charge in [0.15, 0.2) is 0 Å². The number of carboxylic acid groups (broad SMARTS) is 1. The van der Waals surface area contributed by atoms with Gasteiger partial charge < -0.3 is 10.4 Å². The molecule has 0 aliphatic heterocycles. The Bertz CT molecular complexity index is 873. The minimum atomic E-state index is -0.617. The molecular formula is C33H57NO2. The molecule has 0 aromatic heterocycles. The highest BCUT2D eigenvalue weighted by atomic mass is 16.4. The zero-order chi connectivity index (χ0) is 26.7. The number of aliphatic carboxylic acids is 1. The Balaban J connectivity index is 1.59. The van der Waals surface area contributed by atoms with Crippen molar-refractivity contribution in [2.24, 2.45) is 51.2 Å². The zero-order valence-corrected chi connectivity index (χ0v) is 25.1. The Morgan fingerprint density at radius 2 is 1.64 bits per heavy atom. The van der Waals surface area contributed by atoms with Crippen LogP contribution < -0.4 is 5.32 Å². The van der Waals surface area contributed by atoms with Crippen LogP contribution in [0, 0.1) is 51.2 Å². The van der Waals surface area contributed by atoms with Gasteiger partial charge in [-0.05, 0) is 123 Å². The third-order valence-electron chi connectivity index (χ3n) is 13.3. The number of nitrogens with one attached hydrogen (secondary N) is 1. The zero-order valence-electron chi connectivity index (χ0n) is 25.1. The largest absolute Gasteiger partial charge is 0.481 e. The maximum absolute atomic E-state index is 11.6. The van der Waals surface area contributed by atoms with Gasteiger partial charge in [-0.1, -0.05) is 66.5 Å². The number of hydrogen-bond acceptors (Lipinski definition) is 2. The van der Waals surface area contributed by atoms with Gasteiger partial charge in [-0.2, -0.15) is 0 Å². The minimum absolute atomic E-state index is 0.0958. The van der Waals surface area contributed by atoms with Crippen LogP contribution in [0.2, 0.25) is 0 Å². The molecule has 3 heteroatoms. The second-order valence-electron chi connectivity index (χ2n) is 15.2. The molecule has 8 atom stereocenters. The number of hydrogen-bond donors (Lipinski definition) is 2. The van der Waals surface area contributed by atoms with Crippen molar-refractivity contribution in [1.29, 1.82) is 0 Å². The summed E-state index contributed by atoms with van der Waals surface area (Å²) in [7, 11) is 2.13. The van der Waals surface area contributed by atoms with E-state index in [9.17, 15) is 9.90 Å². The SMILES string of the molecule is CNC(CCC(C)C1CCC2(C)C3=C(CCC12C)C1(C)CCC(CC(=O)O)C(C)(C)C1CC3)C(C)C. The van der Waals surface area contributed by atoms with E-state index in [1.54, 1.807) is 0 Å². The normalized spacial score (nSPS) is 41.4. The Labute approximate surface area is 222 Å². The fourth-order valence-electron chi connectivity index (χ4n) is 10.7. The third-order valence-corrected chi connectivity index (χ3v) is 13.3. The van der Waals surface area contributed by atoms with Crippen molar-refractivity contribution in [2.45, 2.75) is 132 Å². The van der Waals surface area contributed by atoms with Gasteiger partial charge in [-0.15, -0.1) is 0 Å². The molecule has 0 aromatic rings. The van der Waals surface area contributed by atoms with Crippen LogP contribution in [0.3, 0.4) is 0 Å². The first-order chi connectivity index (χ1) is 16.7. The molecule has 0 spiro atoms. The predicted molar refractivity (Wildman–Crippen MR) is 151 cm³/mol. The standard InChI is InChI=1S/C33H57NO2/c1-21(2)27(34-9)12-10-22(3)24-15-18-33(8)26-11-13-28-30(4,5)23(20-29(35)36)14-17-31(28,6)25(26)16-19-32(24,33)7/h21-24,27-28,34H,10-20H2,1-9H3,(H,35,36). The Morgan fingerprint density at radius 1 is 0.944 bits per heavy atom. The van der Waals surface area contributed by atoms with E-state index in [2.05, 4.69) is 67.8 Å². The quantitative estimate of drug-likeness (QED) is 0.329. The molecule has 0 saturated heterocycles. The van der Waals surface area contributed by atoms with E-state index in [-0.39, 0.29) is 10.8 Å². The van der Waals surface area contributed by atoms with Crippen LogP contribution in [0.15, 0.2) is 11.1 Å². The minimum Gasteiger partial charge on any atom is -0.481 e. The number of carbonyl (C=O) groups is 1. The molecular weight excluding hydrogens is 442 g/mol. The van der Waals surface area contributed by atoms with Crippen molar-refractivity contribution in [3.05, 3.63) is 11.1 Å². The monoisotopic (exact) mass is 499 g/mol.